The van der Waals surface area contributed by atoms with Gasteiger partial charge in [-0.3, -0.25) is 4.79 Å². The number of anilines is 1. The minimum absolute atomic E-state index is 0.137. The molecule has 0 N–H and O–H groups in total. The maximum atomic E-state index is 13.2. The van der Waals surface area contributed by atoms with Crippen LogP contribution in [0.25, 0.3) is 0 Å². The molecule has 9 heteroatoms. The van der Waals surface area contributed by atoms with Gasteiger partial charge in [0.25, 0.3) is 5.91 Å². The van der Waals surface area contributed by atoms with Gasteiger partial charge in [-0.05, 0) is 42.8 Å². The van der Waals surface area contributed by atoms with E-state index in [1.807, 2.05) is 31.2 Å². The number of halogens is 1. The first-order chi connectivity index (χ1) is 14.9. The molecule has 2 aromatic rings. The van der Waals surface area contributed by atoms with Gasteiger partial charge in [-0.25, -0.2) is 8.42 Å². The quantitative estimate of drug-likeness (QED) is 0.697. The Kier molecular flexibility index (Phi) is 6.52. The fraction of sp³-hybridized carbons (Fsp3) is 0.409. The zero-order chi connectivity index (χ0) is 22.0. The fourth-order valence-electron chi connectivity index (χ4n) is 3.94. The summed E-state index contributed by atoms with van der Waals surface area (Å²) in [6.45, 7) is 5.75. The van der Waals surface area contributed by atoms with Gasteiger partial charge in [0.1, 0.15) is 0 Å². The van der Waals surface area contributed by atoms with Crippen molar-refractivity contribution in [3.05, 3.63) is 58.6 Å². The summed E-state index contributed by atoms with van der Waals surface area (Å²) < 4.78 is 32.7. The Morgan fingerprint density at radius 3 is 2.35 bits per heavy atom. The molecular formula is C22H26ClN3O4S. The van der Waals surface area contributed by atoms with E-state index in [2.05, 4.69) is 4.90 Å². The van der Waals surface area contributed by atoms with Crippen molar-refractivity contribution in [2.75, 3.05) is 57.4 Å². The van der Waals surface area contributed by atoms with Crippen LogP contribution in [0.1, 0.15) is 15.9 Å². The number of piperazine rings is 1. The highest BCUT2D eigenvalue weighted by atomic mass is 35.5. The number of amides is 1. The molecule has 0 unspecified atom stereocenters. The second kappa shape index (κ2) is 9.16. The number of aryl methyl sites for hydroxylation is 1. The van der Waals surface area contributed by atoms with Crippen molar-refractivity contribution >= 4 is 33.2 Å². The van der Waals surface area contributed by atoms with E-state index in [0.717, 1.165) is 11.3 Å². The number of nitrogens with zero attached hydrogens (tertiary/aromatic N) is 3. The van der Waals surface area contributed by atoms with Gasteiger partial charge in [-0.15, -0.1) is 0 Å². The Morgan fingerprint density at radius 2 is 1.68 bits per heavy atom. The van der Waals surface area contributed by atoms with Gasteiger partial charge >= 0.3 is 0 Å². The van der Waals surface area contributed by atoms with Crippen LogP contribution < -0.4 is 4.90 Å². The number of rotatable bonds is 4. The molecule has 0 saturated carbocycles. The highest BCUT2D eigenvalue weighted by Crippen LogP contribution is 2.24. The van der Waals surface area contributed by atoms with Crippen molar-refractivity contribution < 1.29 is 17.9 Å². The molecular weight excluding hydrogens is 438 g/mol. The van der Waals surface area contributed by atoms with E-state index in [1.165, 1.54) is 10.4 Å². The normalized spacial score (nSPS) is 18.3. The number of carbonyl (C=O) groups is 1. The lowest BCUT2D eigenvalue weighted by Gasteiger charge is -2.36. The standard InChI is InChI=1S/C22H26ClN3O4S/c1-17-5-6-20(31(28,29)26-11-13-30-14-12-26)16-21(17)22(27)25-9-7-24(8-10-25)19-4-2-3-18(23)15-19/h2-6,15-16H,7-14H2,1H3. The van der Waals surface area contributed by atoms with Crippen molar-refractivity contribution in [1.29, 1.82) is 0 Å². The van der Waals surface area contributed by atoms with Gasteiger partial charge in [-0.1, -0.05) is 23.7 Å². The maximum absolute atomic E-state index is 13.2. The summed E-state index contributed by atoms with van der Waals surface area (Å²) in [5, 5.41) is 0.685. The van der Waals surface area contributed by atoms with E-state index in [4.69, 9.17) is 16.3 Å². The molecule has 2 heterocycles. The van der Waals surface area contributed by atoms with Gasteiger partial charge < -0.3 is 14.5 Å². The maximum Gasteiger partial charge on any atom is 0.254 e. The first-order valence-corrected chi connectivity index (χ1v) is 12.2. The summed E-state index contributed by atoms with van der Waals surface area (Å²) in [5.74, 6) is -0.137. The summed E-state index contributed by atoms with van der Waals surface area (Å²) >= 11 is 6.10. The van der Waals surface area contributed by atoms with Gasteiger partial charge in [0.2, 0.25) is 10.0 Å². The van der Waals surface area contributed by atoms with Crippen LogP contribution in [0.4, 0.5) is 5.69 Å². The zero-order valence-corrected chi connectivity index (χ0v) is 19.0. The summed E-state index contributed by atoms with van der Waals surface area (Å²) in [5.41, 5.74) is 2.24. The van der Waals surface area contributed by atoms with E-state index in [-0.39, 0.29) is 10.8 Å². The number of hydrogen-bond donors (Lipinski definition) is 0. The molecule has 2 aliphatic rings. The second-order valence-corrected chi connectivity index (χ2v) is 10.1. The number of morpholine rings is 1. The van der Waals surface area contributed by atoms with Gasteiger partial charge in [0.15, 0.2) is 0 Å². The van der Waals surface area contributed by atoms with Crippen molar-refractivity contribution in [1.82, 2.24) is 9.21 Å². The Balaban J connectivity index is 1.49. The predicted octanol–water partition coefficient (Wildman–Crippen LogP) is 2.63. The van der Waals surface area contributed by atoms with Crippen molar-refractivity contribution in [2.24, 2.45) is 0 Å². The number of hydrogen-bond acceptors (Lipinski definition) is 5. The van der Waals surface area contributed by atoms with Gasteiger partial charge in [-0.2, -0.15) is 4.31 Å². The monoisotopic (exact) mass is 463 g/mol. The smallest absolute Gasteiger partial charge is 0.254 e. The van der Waals surface area contributed by atoms with E-state index in [0.29, 0.717) is 63.1 Å². The molecule has 0 spiro atoms. The summed E-state index contributed by atoms with van der Waals surface area (Å²) in [6, 6.07) is 12.5. The van der Waals surface area contributed by atoms with Crippen LogP contribution in [0, 0.1) is 6.92 Å². The topological polar surface area (TPSA) is 70.2 Å². The highest BCUT2D eigenvalue weighted by molar-refractivity contribution is 7.89. The van der Waals surface area contributed by atoms with E-state index < -0.39 is 10.0 Å². The van der Waals surface area contributed by atoms with Crippen molar-refractivity contribution in [3.63, 3.8) is 0 Å². The van der Waals surface area contributed by atoms with Crippen molar-refractivity contribution in [2.45, 2.75) is 11.8 Å². The number of ether oxygens (including phenoxy) is 1. The van der Waals surface area contributed by atoms with Crippen LogP contribution in [0.15, 0.2) is 47.4 Å². The van der Waals surface area contributed by atoms with E-state index in [1.54, 1.807) is 17.0 Å². The van der Waals surface area contributed by atoms with Crippen molar-refractivity contribution in [3.8, 4) is 0 Å². The van der Waals surface area contributed by atoms with Crippen LogP contribution in [0.3, 0.4) is 0 Å². The molecule has 0 radical (unpaired) electrons. The summed E-state index contributed by atoms with van der Waals surface area (Å²) in [4.78, 5) is 17.4. The molecule has 31 heavy (non-hydrogen) atoms. The lowest BCUT2D eigenvalue weighted by Crippen LogP contribution is -2.49. The molecule has 2 saturated heterocycles. The molecule has 2 aromatic carbocycles. The Bertz CT molecular complexity index is 1060. The highest BCUT2D eigenvalue weighted by Gasteiger charge is 2.29. The molecule has 0 aromatic heterocycles. The third-order valence-electron chi connectivity index (χ3n) is 5.79. The molecule has 166 valence electrons. The molecule has 7 nitrogen and oxygen atoms in total. The molecule has 2 fully saturated rings. The molecule has 0 bridgehead atoms. The van der Waals surface area contributed by atoms with E-state index >= 15 is 0 Å². The van der Waals surface area contributed by atoms with Crippen LogP contribution in [-0.2, 0) is 14.8 Å². The third kappa shape index (κ3) is 4.72. The Morgan fingerprint density at radius 1 is 0.968 bits per heavy atom. The Hall–Kier alpha value is -2.13. The average molecular weight is 464 g/mol. The second-order valence-electron chi connectivity index (χ2n) is 7.75. The average Bonchev–Trinajstić information content (AvgIpc) is 2.79. The number of benzene rings is 2. The fourth-order valence-corrected chi connectivity index (χ4v) is 5.56. The summed E-state index contributed by atoms with van der Waals surface area (Å²) in [6.07, 6.45) is 0. The number of sulfonamides is 1. The first kappa shape index (κ1) is 22.1. The molecule has 4 rings (SSSR count). The van der Waals surface area contributed by atoms with E-state index in [9.17, 15) is 13.2 Å². The number of carbonyl (C=O) groups excluding carboxylic acids is 1. The van der Waals surface area contributed by atoms with Gasteiger partial charge in [0.05, 0.1) is 18.1 Å². The molecule has 0 atom stereocenters. The largest absolute Gasteiger partial charge is 0.379 e. The van der Waals surface area contributed by atoms with Crippen LogP contribution in [0.2, 0.25) is 5.02 Å². The summed E-state index contributed by atoms with van der Waals surface area (Å²) in [7, 11) is -3.65. The Labute approximate surface area is 188 Å². The third-order valence-corrected chi connectivity index (χ3v) is 7.92. The SMILES string of the molecule is Cc1ccc(S(=O)(=O)N2CCOCC2)cc1C(=O)N1CCN(c2cccc(Cl)c2)CC1. The minimum atomic E-state index is -3.65. The lowest BCUT2D eigenvalue weighted by atomic mass is 10.1. The first-order valence-electron chi connectivity index (χ1n) is 10.3. The van der Waals surface area contributed by atoms with Crippen LogP contribution in [-0.4, -0.2) is 76.0 Å². The lowest BCUT2D eigenvalue weighted by molar-refractivity contribution is 0.0729. The van der Waals surface area contributed by atoms with Crippen LogP contribution in [0.5, 0.6) is 0 Å². The molecule has 0 aliphatic carbocycles. The molecule has 1 amide bonds. The zero-order valence-electron chi connectivity index (χ0n) is 17.5. The minimum Gasteiger partial charge on any atom is -0.379 e. The van der Waals surface area contributed by atoms with Crippen LogP contribution >= 0.6 is 11.6 Å². The van der Waals surface area contributed by atoms with Gasteiger partial charge in [0, 0.05) is 55.5 Å². The molecule has 2 aliphatic heterocycles. The predicted molar refractivity (Wildman–Crippen MR) is 120 cm³/mol.